The van der Waals surface area contributed by atoms with Gasteiger partial charge in [0.1, 0.15) is 5.82 Å². The Morgan fingerprint density at radius 2 is 2.29 bits per heavy atom. The minimum atomic E-state index is -0.787. The first-order valence-electron chi connectivity index (χ1n) is 7.07. The smallest absolute Gasteiger partial charge is 0.312 e. The van der Waals surface area contributed by atoms with Crippen molar-refractivity contribution in [2.24, 2.45) is 0 Å². The summed E-state index contributed by atoms with van der Waals surface area (Å²) in [6.07, 6.45) is 1.88. The highest BCUT2D eigenvalue weighted by atomic mass is 32.1. The topological polar surface area (TPSA) is 66.3 Å². The molecular weight excluding hydrogens is 286 g/mol. The summed E-state index contributed by atoms with van der Waals surface area (Å²) >= 11 is 1.36. The number of aromatic nitrogens is 2. The van der Waals surface area contributed by atoms with Crippen LogP contribution in [0.25, 0.3) is 0 Å². The quantitative estimate of drug-likeness (QED) is 0.940. The highest BCUT2D eigenvalue weighted by Gasteiger charge is 2.31. The molecule has 6 heteroatoms. The minimum Gasteiger partial charge on any atom is -0.481 e. The molecule has 1 aromatic carbocycles. The lowest BCUT2D eigenvalue weighted by Gasteiger charge is -2.32. The van der Waals surface area contributed by atoms with Crippen molar-refractivity contribution < 1.29 is 9.90 Å². The van der Waals surface area contributed by atoms with E-state index in [0.29, 0.717) is 13.1 Å². The van der Waals surface area contributed by atoms with Crippen LogP contribution < -0.4 is 4.90 Å². The second-order valence-corrected chi connectivity index (χ2v) is 5.94. The molecule has 0 aliphatic carbocycles. The molecule has 1 N–H and O–H groups in total. The lowest BCUT2D eigenvalue weighted by atomic mass is 9.90. The molecule has 0 spiro atoms. The summed E-state index contributed by atoms with van der Waals surface area (Å²) in [6.45, 7) is 3.24. The zero-order valence-corrected chi connectivity index (χ0v) is 12.6. The number of rotatable bonds is 4. The van der Waals surface area contributed by atoms with Crippen LogP contribution in [0.5, 0.6) is 0 Å². The number of carbonyl (C=O) groups is 1. The Balaban J connectivity index is 1.90. The van der Waals surface area contributed by atoms with Crippen LogP contribution in [0, 0.1) is 0 Å². The van der Waals surface area contributed by atoms with Crippen LogP contribution in [0.1, 0.15) is 36.2 Å². The lowest BCUT2D eigenvalue weighted by molar-refractivity contribution is -0.138. The van der Waals surface area contributed by atoms with Crippen molar-refractivity contribution in [1.29, 1.82) is 0 Å². The number of anilines is 1. The van der Waals surface area contributed by atoms with Gasteiger partial charge in [0.05, 0.1) is 5.92 Å². The normalized spacial score (nSPS) is 17.6. The molecule has 21 heavy (non-hydrogen) atoms. The standard InChI is InChI=1S/C15H17N3O2S/c1-2-5-13-16-15(21-17-13)18-8-10-6-3-4-7-11(10)12(9-18)14(19)20/h3-4,6-7,12H,2,5,8-9H2,1H3,(H,19,20). The summed E-state index contributed by atoms with van der Waals surface area (Å²) in [5, 5.41) is 10.3. The summed E-state index contributed by atoms with van der Waals surface area (Å²) in [5.74, 6) is -0.442. The third kappa shape index (κ3) is 2.76. The van der Waals surface area contributed by atoms with E-state index in [0.717, 1.165) is 34.9 Å². The van der Waals surface area contributed by atoms with Gasteiger partial charge in [0.15, 0.2) is 0 Å². The summed E-state index contributed by atoms with van der Waals surface area (Å²) < 4.78 is 4.35. The predicted molar refractivity (Wildman–Crippen MR) is 81.8 cm³/mol. The monoisotopic (exact) mass is 303 g/mol. The highest BCUT2D eigenvalue weighted by molar-refractivity contribution is 7.09. The first kappa shape index (κ1) is 14.0. The lowest BCUT2D eigenvalue weighted by Crippen LogP contribution is -2.36. The fourth-order valence-electron chi connectivity index (χ4n) is 2.66. The van der Waals surface area contributed by atoms with E-state index in [1.54, 1.807) is 0 Å². The van der Waals surface area contributed by atoms with E-state index < -0.39 is 11.9 Å². The number of hydrogen-bond donors (Lipinski definition) is 1. The number of carboxylic acids is 1. The van der Waals surface area contributed by atoms with Crippen molar-refractivity contribution in [3.05, 3.63) is 41.2 Å². The maximum atomic E-state index is 11.5. The third-order valence-electron chi connectivity index (χ3n) is 3.69. The Morgan fingerprint density at radius 3 is 3.05 bits per heavy atom. The Hall–Kier alpha value is -1.95. The largest absolute Gasteiger partial charge is 0.481 e. The molecule has 1 aromatic heterocycles. The minimum absolute atomic E-state index is 0.451. The molecule has 0 bridgehead atoms. The van der Waals surface area contributed by atoms with E-state index >= 15 is 0 Å². The Morgan fingerprint density at radius 1 is 1.48 bits per heavy atom. The zero-order valence-electron chi connectivity index (χ0n) is 11.8. The summed E-state index contributed by atoms with van der Waals surface area (Å²) in [7, 11) is 0. The van der Waals surface area contributed by atoms with Crippen molar-refractivity contribution in [2.45, 2.75) is 32.2 Å². The fraction of sp³-hybridized carbons (Fsp3) is 0.400. The van der Waals surface area contributed by atoms with E-state index in [4.69, 9.17) is 0 Å². The van der Waals surface area contributed by atoms with Crippen LogP contribution in [-0.2, 0) is 17.8 Å². The van der Waals surface area contributed by atoms with Gasteiger partial charge in [0.25, 0.3) is 0 Å². The molecule has 1 aliphatic heterocycles. The summed E-state index contributed by atoms with van der Waals surface area (Å²) in [5.41, 5.74) is 1.97. The van der Waals surface area contributed by atoms with E-state index in [-0.39, 0.29) is 0 Å². The number of fused-ring (bicyclic) bond motifs is 1. The number of carboxylic acid groups (broad SMARTS) is 1. The van der Waals surface area contributed by atoms with E-state index in [1.165, 1.54) is 11.5 Å². The Bertz CT molecular complexity index is 656. The average molecular weight is 303 g/mol. The van der Waals surface area contributed by atoms with E-state index in [9.17, 15) is 9.90 Å². The van der Waals surface area contributed by atoms with E-state index in [2.05, 4.69) is 16.3 Å². The SMILES string of the molecule is CCCc1nsc(N2Cc3ccccc3C(C(=O)O)C2)n1. The molecule has 0 saturated carbocycles. The summed E-state index contributed by atoms with van der Waals surface area (Å²) in [4.78, 5) is 18.1. The van der Waals surface area contributed by atoms with Gasteiger partial charge in [-0.05, 0) is 17.5 Å². The molecule has 110 valence electrons. The highest BCUT2D eigenvalue weighted by Crippen LogP contribution is 2.32. The average Bonchev–Trinajstić information content (AvgIpc) is 2.95. The maximum absolute atomic E-state index is 11.5. The van der Waals surface area contributed by atoms with Gasteiger partial charge in [-0.2, -0.15) is 4.37 Å². The van der Waals surface area contributed by atoms with Gasteiger partial charge < -0.3 is 10.0 Å². The molecular formula is C15H17N3O2S. The molecule has 1 aliphatic rings. The van der Waals surface area contributed by atoms with Crippen molar-refractivity contribution in [3.63, 3.8) is 0 Å². The van der Waals surface area contributed by atoms with Crippen molar-refractivity contribution in [3.8, 4) is 0 Å². The second-order valence-electron chi connectivity index (χ2n) is 5.21. The number of aliphatic carboxylic acids is 1. The van der Waals surface area contributed by atoms with Crippen LogP contribution in [0.3, 0.4) is 0 Å². The number of aryl methyl sites for hydroxylation is 1. The Kier molecular flexibility index (Phi) is 3.88. The van der Waals surface area contributed by atoms with Gasteiger partial charge in [-0.3, -0.25) is 4.79 Å². The molecule has 1 atom stereocenters. The van der Waals surface area contributed by atoms with Gasteiger partial charge in [-0.25, -0.2) is 4.98 Å². The van der Waals surface area contributed by atoms with Gasteiger partial charge in [0, 0.05) is 31.0 Å². The van der Waals surface area contributed by atoms with Gasteiger partial charge in [0.2, 0.25) is 5.13 Å². The van der Waals surface area contributed by atoms with Crippen molar-refractivity contribution in [1.82, 2.24) is 9.36 Å². The molecule has 1 unspecified atom stereocenters. The van der Waals surface area contributed by atoms with Crippen LogP contribution >= 0.6 is 11.5 Å². The number of hydrogen-bond acceptors (Lipinski definition) is 5. The maximum Gasteiger partial charge on any atom is 0.312 e. The molecule has 0 amide bonds. The second kappa shape index (κ2) is 5.81. The van der Waals surface area contributed by atoms with Crippen molar-refractivity contribution in [2.75, 3.05) is 11.4 Å². The molecule has 0 saturated heterocycles. The number of nitrogens with zero attached hydrogens (tertiary/aromatic N) is 3. The molecule has 2 aromatic rings. The first-order valence-corrected chi connectivity index (χ1v) is 7.84. The van der Waals surface area contributed by atoms with Crippen LogP contribution in [0.2, 0.25) is 0 Å². The van der Waals surface area contributed by atoms with Gasteiger partial charge >= 0.3 is 5.97 Å². The first-order chi connectivity index (χ1) is 10.2. The zero-order chi connectivity index (χ0) is 14.8. The summed E-state index contributed by atoms with van der Waals surface area (Å²) in [6, 6.07) is 7.75. The predicted octanol–water partition coefficient (Wildman–Crippen LogP) is 2.68. The molecule has 0 fully saturated rings. The molecule has 0 radical (unpaired) electrons. The fourth-order valence-corrected chi connectivity index (χ4v) is 3.38. The van der Waals surface area contributed by atoms with Crippen LogP contribution in [0.15, 0.2) is 24.3 Å². The Labute approximate surface area is 127 Å². The van der Waals surface area contributed by atoms with Crippen LogP contribution in [0.4, 0.5) is 5.13 Å². The van der Waals surface area contributed by atoms with Gasteiger partial charge in [-0.1, -0.05) is 31.2 Å². The molecule has 3 rings (SSSR count). The molecule has 5 nitrogen and oxygen atoms in total. The van der Waals surface area contributed by atoms with Crippen molar-refractivity contribution >= 4 is 22.6 Å². The van der Waals surface area contributed by atoms with E-state index in [1.807, 2.05) is 29.2 Å². The van der Waals surface area contributed by atoms with Crippen LogP contribution in [-0.4, -0.2) is 27.0 Å². The van der Waals surface area contributed by atoms with Gasteiger partial charge in [-0.15, -0.1) is 0 Å². The third-order valence-corrected chi connectivity index (χ3v) is 4.51. The number of benzene rings is 1. The molecule has 2 heterocycles.